The van der Waals surface area contributed by atoms with Crippen LogP contribution < -0.4 is 10.1 Å². The van der Waals surface area contributed by atoms with E-state index in [0.29, 0.717) is 21.5 Å². The molecule has 0 bridgehead atoms. The number of ether oxygens (including phenoxy) is 1. The van der Waals surface area contributed by atoms with Gasteiger partial charge in [0, 0.05) is 10.7 Å². The van der Waals surface area contributed by atoms with Gasteiger partial charge in [-0.15, -0.1) is 0 Å². The molecule has 0 aliphatic carbocycles. The summed E-state index contributed by atoms with van der Waals surface area (Å²) in [5.74, 6) is 0.186. The quantitative estimate of drug-likeness (QED) is 0.846. The Hall–Kier alpha value is -1.91. The Kier molecular flexibility index (Phi) is 4.71. The Morgan fingerprint density at radius 1 is 1.15 bits per heavy atom. The summed E-state index contributed by atoms with van der Waals surface area (Å²) in [5, 5.41) is 12.6. The smallest absolute Gasteiger partial charge is 0.262 e. The van der Waals surface area contributed by atoms with Crippen LogP contribution in [0.5, 0.6) is 11.5 Å². The summed E-state index contributed by atoms with van der Waals surface area (Å²) in [7, 11) is 0. The average molecular weight is 312 g/mol. The van der Waals surface area contributed by atoms with Crippen LogP contribution in [0.1, 0.15) is 0 Å². The molecule has 0 heterocycles. The van der Waals surface area contributed by atoms with Gasteiger partial charge in [-0.1, -0.05) is 23.2 Å². The Balaban J connectivity index is 1.90. The van der Waals surface area contributed by atoms with Crippen LogP contribution in [0.4, 0.5) is 5.69 Å². The molecule has 0 atom stereocenters. The molecule has 2 aromatic rings. The number of hydrogen-bond acceptors (Lipinski definition) is 3. The fraction of sp³-hybridized carbons (Fsp3) is 0.0714. The Morgan fingerprint density at radius 2 is 1.85 bits per heavy atom. The van der Waals surface area contributed by atoms with E-state index in [4.69, 9.17) is 33.0 Å². The van der Waals surface area contributed by atoms with Crippen LogP contribution in [0, 0.1) is 0 Å². The summed E-state index contributed by atoms with van der Waals surface area (Å²) in [6, 6.07) is 10.9. The number of rotatable bonds is 4. The normalized spacial score (nSPS) is 10.1. The second kappa shape index (κ2) is 6.50. The van der Waals surface area contributed by atoms with Gasteiger partial charge < -0.3 is 15.2 Å². The number of phenols is 1. The van der Waals surface area contributed by atoms with Gasteiger partial charge in [-0.25, -0.2) is 0 Å². The van der Waals surface area contributed by atoms with Crippen molar-refractivity contribution in [2.24, 2.45) is 0 Å². The molecule has 20 heavy (non-hydrogen) atoms. The van der Waals surface area contributed by atoms with Crippen LogP contribution >= 0.6 is 23.2 Å². The Labute approximate surface area is 125 Å². The Bertz CT molecular complexity index is 614. The van der Waals surface area contributed by atoms with Crippen LogP contribution in [-0.4, -0.2) is 17.6 Å². The van der Waals surface area contributed by atoms with Crippen molar-refractivity contribution >= 4 is 34.8 Å². The Morgan fingerprint density at radius 3 is 2.50 bits per heavy atom. The third-order valence-corrected chi connectivity index (χ3v) is 2.93. The molecule has 4 nitrogen and oxygen atoms in total. The lowest BCUT2D eigenvalue weighted by Crippen LogP contribution is -2.20. The number of hydrogen-bond donors (Lipinski definition) is 2. The van der Waals surface area contributed by atoms with Gasteiger partial charge in [-0.2, -0.15) is 0 Å². The first-order chi connectivity index (χ1) is 9.54. The van der Waals surface area contributed by atoms with Crippen molar-refractivity contribution in [3.63, 3.8) is 0 Å². The second-order valence-electron chi connectivity index (χ2n) is 3.96. The first-order valence-corrected chi connectivity index (χ1v) is 6.47. The number of amides is 1. The van der Waals surface area contributed by atoms with E-state index in [1.54, 1.807) is 24.3 Å². The fourth-order valence-electron chi connectivity index (χ4n) is 1.48. The highest BCUT2D eigenvalue weighted by molar-refractivity contribution is 6.35. The van der Waals surface area contributed by atoms with Crippen molar-refractivity contribution in [3.8, 4) is 11.5 Å². The summed E-state index contributed by atoms with van der Waals surface area (Å²) in [4.78, 5) is 11.7. The lowest BCUT2D eigenvalue weighted by Gasteiger charge is -2.09. The molecule has 0 radical (unpaired) electrons. The van der Waals surface area contributed by atoms with Crippen LogP contribution in [-0.2, 0) is 4.79 Å². The summed E-state index contributed by atoms with van der Waals surface area (Å²) in [6.07, 6.45) is 0. The highest BCUT2D eigenvalue weighted by Crippen LogP contribution is 2.27. The monoisotopic (exact) mass is 311 g/mol. The summed E-state index contributed by atoms with van der Waals surface area (Å²) < 4.78 is 5.30. The molecule has 0 aromatic heterocycles. The highest BCUT2D eigenvalue weighted by Gasteiger charge is 2.07. The maximum Gasteiger partial charge on any atom is 0.262 e. The average Bonchev–Trinajstić information content (AvgIpc) is 2.40. The van der Waals surface area contributed by atoms with E-state index in [2.05, 4.69) is 5.32 Å². The number of nitrogens with one attached hydrogen (secondary N) is 1. The van der Waals surface area contributed by atoms with Crippen LogP contribution in [0.2, 0.25) is 10.0 Å². The number of aromatic hydroxyl groups is 1. The predicted molar refractivity (Wildman–Crippen MR) is 78.7 cm³/mol. The van der Waals surface area contributed by atoms with Gasteiger partial charge in [-0.3, -0.25) is 4.79 Å². The molecular formula is C14H11Cl2NO3. The number of phenolic OH excluding ortho intramolecular Hbond substituents is 1. The van der Waals surface area contributed by atoms with E-state index in [9.17, 15) is 4.79 Å². The molecule has 2 rings (SSSR count). The number of benzene rings is 2. The van der Waals surface area contributed by atoms with E-state index in [1.807, 2.05) is 0 Å². The molecule has 104 valence electrons. The molecule has 0 saturated heterocycles. The fourth-order valence-corrected chi connectivity index (χ4v) is 1.94. The van der Waals surface area contributed by atoms with Crippen molar-refractivity contribution in [3.05, 3.63) is 52.5 Å². The molecule has 2 N–H and O–H groups in total. The molecule has 1 amide bonds. The maximum atomic E-state index is 11.7. The maximum absolute atomic E-state index is 11.7. The molecule has 0 fully saturated rings. The topological polar surface area (TPSA) is 58.6 Å². The zero-order valence-corrected chi connectivity index (χ0v) is 11.8. The standard InChI is InChI=1S/C14H11Cl2NO3/c15-9-1-6-13(12(16)7-9)20-8-14(19)17-10-2-4-11(18)5-3-10/h1-7,18H,8H2,(H,17,19). The van der Waals surface area contributed by atoms with Gasteiger partial charge in [0.2, 0.25) is 0 Å². The van der Waals surface area contributed by atoms with Crippen molar-refractivity contribution in [1.82, 2.24) is 0 Å². The van der Waals surface area contributed by atoms with Gasteiger partial charge in [0.1, 0.15) is 11.5 Å². The minimum atomic E-state index is -0.332. The summed E-state index contributed by atoms with van der Waals surface area (Å²) in [6.45, 7) is -0.178. The van der Waals surface area contributed by atoms with E-state index < -0.39 is 0 Å². The van der Waals surface area contributed by atoms with E-state index >= 15 is 0 Å². The van der Waals surface area contributed by atoms with Gasteiger partial charge in [0.15, 0.2) is 6.61 Å². The first kappa shape index (κ1) is 14.5. The number of carbonyl (C=O) groups is 1. The third kappa shape index (κ3) is 4.05. The number of carbonyl (C=O) groups excluding carboxylic acids is 1. The molecule has 0 aliphatic rings. The largest absolute Gasteiger partial charge is 0.508 e. The molecular weight excluding hydrogens is 301 g/mol. The minimum absolute atomic E-state index is 0.132. The number of halogens is 2. The highest BCUT2D eigenvalue weighted by atomic mass is 35.5. The van der Waals surface area contributed by atoms with E-state index in [1.165, 1.54) is 18.2 Å². The predicted octanol–water partition coefficient (Wildman–Crippen LogP) is 3.72. The van der Waals surface area contributed by atoms with Crippen molar-refractivity contribution in [2.75, 3.05) is 11.9 Å². The van der Waals surface area contributed by atoms with E-state index in [-0.39, 0.29) is 18.3 Å². The minimum Gasteiger partial charge on any atom is -0.508 e. The van der Waals surface area contributed by atoms with Gasteiger partial charge in [0.25, 0.3) is 5.91 Å². The molecule has 0 spiro atoms. The third-order valence-electron chi connectivity index (χ3n) is 2.40. The molecule has 6 heteroatoms. The zero-order valence-electron chi connectivity index (χ0n) is 10.3. The van der Waals surface area contributed by atoms with Crippen molar-refractivity contribution in [2.45, 2.75) is 0 Å². The lowest BCUT2D eigenvalue weighted by molar-refractivity contribution is -0.118. The summed E-state index contributed by atoms with van der Waals surface area (Å²) >= 11 is 11.7. The van der Waals surface area contributed by atoms with Gasteiger partial charge in [0.05, 0.1) is 5.02 Å². The van der Waals surface area contributed by atoms with Crippen LogP contribution in [0.3, 0.4) is 0 Å². The van der Waals surface area contributed by atoms with Crippen molar-refractivity contribution in [1.29, 1.82) is 0 Å². The zero-order chi connectivity index (χ0) is 14.5. The van der Waals surface area contributed by atoms with Crippen molar-refractivity contribution < 1.29 is 14.6 Å². The van der Waals surface area contributed by atoms with Gasteiger partial charge >= 0.3 is 0 Å². The van der Waals surface area contributed by atoms with E-state index in [0.717, 1.165) is 0 Å². The van der Waals surface area contributed by atoms with Crippen LogP contribution in [0.15, 0.2) is 42.5 Å². The lowest BCUT2D eigenvalue weighted by atomic mass is 10.3. The second-order valence-corrected chi connectivity index (χ2v) is 4.80. The molecule has 0 unspecified atom stereocenters. The number of anilines is 1. The first-order valence-electron chi connectivity index (χ1n) is 5.71. The molecule has 0 saturated carbocycles. The van der Waals surface area contributed by atoms with Crippen LogP contribution in [0.25, 0.3) is 0 Å². The molecule has 2 aromatic carbocycles. The summed E-state index contributed by atoms with van der Waals surface area (Å²) in [5.41, 5.74) is 0.568. The van der Waals surface area contributed by atoms with Gasteiger partial charge in [-0.05, 0) is 42.5 Å². The molecule has 0 aliphatic heterocycles. The SMILES string of the molecule is O=C(COc1ccc(Cl)cc1Cl)Nc1ccc(O)cc1.